The van der Waals surface area contributed by atoms with Crippen LogP contribution in [0, 0.1) is 0 Å². The number of aromatic nitrogens is 2. The van der Waals surface area contributed by atoms with Crippen molar-refractivity contribution in [3.63, 3.8) is 0 Å². The van der Waals surface area contributed by atoms with Crippen molar-refractivity contribution in [2.24, 2.45) is 0 Å². The fourth-order valence-corrected chi connectivity index (χ4v) is 3.49. The van der Waals surface area contributed by atoms with Crippen LogP contribution in [0.1, 0.15) is 36.8 Å². The van der Waals surface area contributed by atoms with Gasteiger partial charge in [-0.3, -0.25) is 9.59 Å². The number of carbonyl (C=O) groups is 2. The Morgan fingerprint density at radius 2 is 2.16 bits per heavy atom. The summed E-state index contributed by atoms with van der Waals surface area (Å²) in [7, 11) is 1.29. The second-order valence-corrected chi connectivity index (χ2v) is 6.85. The largest absolute Gasteiger partial charge is 0.478 e. The monoisotopic (exact) mass is 361 g/mol. The Hall–Kier alpha value is -2.48. The summed E-state index contributed by atoms with van der Waals surface area (Å²) in [5.41, 5.74) is 1.56. The standard InChI is InChI=1S/C17H19N3O4S/c1-10(2)16-14(25-19-18-16)9-20-11-6-4-5-7-12(11)24-13(17(20)22)8-15(21)23-3/h4-7,10,13H,8-9H2,1-3H3/t13-/m0/s1. The summed E-state index contributed by atoms with van der Waals surface area (Å²) in [6.07, 6.45) is -1.02. The molecule has 0 saturated heterocycles. The minimum absolute atomic E-state index is 0.127. The maximum absolute atomic E-state index is 12.9. The maximum atomic E-state index is 12.9. The van der Waals surface area contributed by atoms with Crippen LogP contribution >= 0.6 is 11.5 Å². The van der Waals surface area contributed by atoms with Crippen molar-refractivity contribution in [2.75, 3.05) is 12.0 Å². The van der Waals surface area contributed by atoms with Gasteiger partial charge in [0.15, 0.2) is 6.10 Å². The number of nitrogens with zero attached hydrogens (tertiary/aromatic N) is 3. The van der Waals surface area contributed by atoms with Crippen molar-refractivity contribution in [1.29, 1.82) is 0 Å². The van der Waals surface area contributed by atoms with Crippen molar-refractivity contribution in [3.05, 3.63) is 34.8 Å². The number of esters is 1. The number of hydrogen-bond acceptors (Lipinski definition) is 7. The Balaban J connectivity index is 1.93. The number of carbonyl (C=O) groups excluding carboxylic acids is 2. The molecule has 0 spiro atoms. The lowest BCUT2D eigenvalue weighted by molar-refractivity contribution is -0.145. The molecule has 0 N–H and O–H groups in total. The van der Waals surface area contributed by atoms with Gasteiger partial charge >= 0.3 is 5.97 Å². The summed E-state index contributed by atoms with van der Waals surface area (Å²) in [6.45, 7) is 4.42. The summed E-state index contributed by atoms with van der Waals surface area (Å²) in [5, 5.41) is 4.17. The molecule has 2 aromatic rings. The van der Waals surface area contributed by atoms with Crippen molar-refractivity contribution in [1.82, 2.24) is 9.59 Å². The smallest absolute Gasteiger partial charge is 0.309 e. The third-order valence-electron chi connectivity index (χ3n) is 3.98. The van der Waals surface area contributed by atoms with Crippen LogP contribution < -0.4 is 9.64 Å². The van der Waals surface area contributed by atoms with Crippen LogP contribution in [-0.4, -0.2) is 34.7 Å². The van der Waals surface area contributed by atoms with Gasteiger partial charge in [-0.2, -0.15) is 0 Å². The maximum Gasteiger partial charge on any atom is 0.309 e. The molecular weight excluding hydrogens is 342 g/mol. The first-order chi connectivity index (χ1) is 12.0. The normalized spacial score (nSPS) is 16.6. The highest BCUT2D eigenvalue weighted by Crippen LogP contribution is 2.36. The number of rotatable bonds is 5. The van der Waals surface area contributed by atoms with E-state index >= 15 is 0 Å². The van der Waals surface area contributed by atoms with Gasteiger partial charge in [0, 0.05) is 0 Å². The summed E-state index contributed by atoms with van der Waals surface area (Å²) in [5.74, 6) is 0.0257. The molecule has 1 atom stereocenters. The van der Waals surface area contributed by atoms with Crippen LogP contribution in [0.15, 0.2) is 24.3 Å². The molecule has 0 unspecified atom stereocenters. The lowest BCUT2D eigenvalue weighted by Crippen LogP contribution is -2.46. The highest BCUT2D eigenvalue weighted by atomic mass is 32.1. The van der Waals surface area contributed by atoms with E-state index in [2.05, 4.69) is 14.3 Å². The quantitative estimate of drug-likeness (QED) is 0.761. The highest BCUT2D eigenvalue weighted by Gasteiger charge is 2.36. The molecule has 7 nitrogen and oxygen atoms in total. The van der Waals surface area contributed by atoms with Gasteiger partial charge in [0.1, 0.15) is 5.75 Å². The first-order valence-corrected chi connectivity index (χ1v) is 8.73. The van der Waals surface area contributed by atoms with Crippen molar-refractivity contribution in [2.45, 2.75) is 38.8 Å². The molecule has 0 radical (unpaired) electrons. The van der Waals surface area contributed by atoms with E-state index in [4.69, 9.17) is 4.74 Å². The number of methoxy groups -OCH3 is 1. The number of para-hydroxylation sites is 2. The molecular formula is C17H19N3O4S. The summed E-state index contributed by atoms with van der Waals surface area (Å²) in [6, 6.07) is 7.28. The number of ether oxygens (including phenoxy) is 2. The lowest BCUT2D eigenvalue weighted by Gasteiger charge is -2.33. The van der Waals surface area contributed by atoms with Crippen LogP contribution in [0.25, 0.3) is 0 Å². The minimum atomic E-state index is -0.897. The second-order valence-electron chi connectivity index (χ2n) is 6.01. The molecule has 1 aliphatic heterocycles. The van der Waals surface area contributed by atoms with E-state index in [1.165, 1.54) is 18.6 Å². The zero-order chi connectivity index (χ0) is 18.0. The van der Waals surface area contributed by atoms with Crippen LogP contribution in [0.2, 0.25) is 0 Å². The Kier molecular flexibility index (Phi) is 4.98. The van der Waals surface area contributed by atoms with Crippen molar-refractivity contribution < 1.29 is 19.1 Å². The molecule has 0 saturated carbocycles. The molecule has 2 heterocycles. The summed E-state index contributed by atoms with van der Waals surface area (Å²) < 4.78 is 14.4. The molecule has 0 bridgehead atoms. The molecule has 1 aromatic heterocycles. The SMILES string of the molecule is COC(=O)C[C@@H]1Oc2ccccc2N(Cc2snnc2C(C)C)C1=O. The number of hydrogen-bond donors (Lipinski definition) is 0. The van der Waals surface area contributed by atoms with E-state index in [1.807, 2.05) is 32.0 Å². The Morgan fingerprint density at radius 3 is 2.88 bits per heavy atom. The van der Waals surface area contributed by atoms with Crippen molar-refractivity contribution >= 4 is 29.1 Å². The van der Waals surface area contributed by atoms with E-state index in [1.54, 1.807) is 11.0 Å². The molecule has 3 rings (SSSR count). The fourth-order valence-electron chi connectivity index (χ4n) is 2.71. The number of anilines is 1. The van der Waals surface area contributed by atoms with Crippen LogP contribution in [0.4, 0.5) is 5.69 Å². The predicted molar refractivity (Wildman–Crippen MR) is 92.7 cm³/mol. The molecule has 0 fully saturated rings. The number of fused-ring (bicyclic) bond motifs is 1. The van der Waals surface area contributed by atoms with Crippen LogP contribution in [-0.2, 0) is 20.9 Å². The van der Waals surface area contributed by atoms with E-state index in [-0.39, 0.29) is 18.2 Å². The molecule has 1 aromatic carbocycles. The minimum Gasteiger partial charge on any atom is -0.478 e. The van der Waals surface area contributed by atoms with E-state index in [0.29, 0.717) is 18.0 Å². The molecule has 8 heteroatoms. The zero-order valence-corrected chi connectivity index (χ0v) is 15.1. The van der Waals surface area contributed by atoms with Gasteiger partial charge in [0.25, 0.3) is 5.91 Å². The predicted octanol–water partition coefficient (Wildman–Crippen LogP) is 2.52. The lowest BCUT2D eigenvalue weighted by atomic mass is 10.1. The third-order valence-corrected chi connectivity index (χ3v) is 4.70. The van der Waals surface area contributed by atoms with Gasteiger partial charge < -0.3 is 14.4 Å². The van der Waals surface area contributed by atoms with E-state index in [0.717, 1.165) is 10.6 Å². The molecule has 1 aliphatic rings. The Bertz CT molecular complexity index is 790. The van der Waals surface area contributed by atoms with Gasteiger partial charge in [0.05, 0.1) is 36.3 Å². The molecule has 1 amide bonds. The van der Waals surface area contributed by atoms with Crippen molar-refractivity contribution in [3.8, 4) is 5.75 Å². The Morgan fingerprint density at radius 1 is 1.40 bits per heavy atom. The van der Waals surface area contributed by atoms with Crippen LogP contribution in [0.3, 0.4) is 0 Å². The highest BCUT2D eigenvalue weighted by molar-refractivity contribution is 7.05. The average molecular weight is 361 g/mol. The second kappa shape index (κ2) is 7.18. The number of benzene rings is 1. The topological polar surface area (TPSA) is 81.6 Å². The van der Waals surface area contributed by atoms with Gasteiger partial charge in [0.2, 0.25) is 0 Å². The third kappa shape index (κ3) is 3.48. The molecule has 25 heavy (non-hydrogen) atoms. The summed E-state index contributed by atoms with van der Waals surface area (Å²) in [4.78, 5) is 27.1. The fraction of sp³-hybridized carbons (Fsp3) is 0.412. The zero-order valence-electron chi connectivity index (χ0n) is 14.3. The van der Waals surface area contributed by atoms with Gasteiger partial charge in [-0.1, -0.05) is 30.5 Å². The van der Waals surface area contributed by atoms with E-state index in [9.17, 15) is 9.59 Å². The molecule has 0 aliphatic carbocycles. The number of amides is 1. The first-order valence-electron chi connectivity index (χ1n) is 7.96. The molecule has 132 valence electrons. The van der Waals surface area contributed by atoms with Crippen LogP contribution in [0.5, 0.6) is 5.75 Å². The summed E-state index contributed by atoms with van der Waals surface area (Å²) >= 11 is 1.28. The Labute approximate surface area is 149 Å². The van der Waals surface area contributed by atoms with Gasteiger partial charge in [-0.25, -0.2) is 0 Å². The average Bonchev–Trinajstić information content (AvgIpc) is 3.07. The van der Waals surface area contributed by atoms with E-state index < -0.39 is 12.1 Å². The van der Waals surface area contributed by atoms with Gasteiger partial charge in [-0.15, -0.1) is 5.10 Å². The first kappa shape index (κ1) is 17.3. The van der Waals surface area contributed by atoms with Gasteiger partial charge in [-0.05, 0) is 29.6 Å².